The Labute approximate surface area is 160 Å². The molecule has 0 radical (unpaired) electrons. The fraction of sp³-hybridized carbons (Fsp3) is 0.550. The zero-order valence-corrected chi connectivity index (χ0v) is 15.8. The van der Waals surface area contributed by atoms with E-state index in [0.717, 1.165) is 31.7 Å². The van der Waals surface area contributed by atoms with Crippen molar-refractivity contribution in [3.63, 3.8) is 0 Å². The third-order valence-electron chi connectivity index (χ3n) is 5.16. The molecule has 2 aliphatic rings. The molecule has 146 valence electrons. The molecule has 2 amide bonds. The van der Waals surface area contributed by atoms with Gasteiger partial charge in [0.2, 0.25) is 5.91 Å². The third-order valence-corrected chi connectivity index (χ3v) is 5.16. The Kier molecular flexibility index (Phi) is 6.81. The first-order valence-electron chi connectivity index (χ1n) is 9.87. The van der Waals surface area contributed by atoms with Gasteiger partial charge in [-0.2, -0.15) is 5.10 Å². The number of carbonyl (C=O) groups excluding carboxylic acids is 2. The van der Waals surface area contributed by atoms with Gasteiger partial charge < -0.3 is 16.0 Å². The van der Waals surface area contributed by atoms with Gasteiger partial charge in [0.25, 0.3) is 5.91 Å². The number of nitrogens with zero attached hydrogens (tertiary/aromatic N) is 3. The Morgan fingerprint density at radius 3 is 2.48 bits per heavy atom. The molecule has 1 unspecified atom stereocenters. The second kappa shape index (κ2) is 9.50. The van der Waals surface area contributed by atoms with Gasteiger partial charge in [-0.3, -0.25) is 14.6 Å². The number of benzene rings is 1. The minimum Gasteiger partial charge on any atom is -0.368 e. The van der Waals surface area contributed by atoms with E-state index in [4.69, 9.17) is 5.73 Å². The van der Waals surface area contributed by atoms with E-state index in [1.165, 1.54) is 25.7 Å². The highest BCUT2D eigenvalue weighted by Crippen LogP contribution is 2.24. The van der Waals surface area contributed by atoms with Crippen LogP contribution in [-0.4, -0.2) is 54.6 Å². The van der Waals surface area contributed by atoms with Crippen LogP contribution in [0.15, 0.2) is 35.4 Å². The Morgan fingerprint density at radius 2 is 1.81 bits per heavy atom. The fourth-order valence-corrected chi connectivity index (χ4v) is 3.65. The summed E-state index contributed by atoms with van der Waals surface area (Å²) in [5, 5.41) is 8.85. The van der Waals surface area contributed by atoms with Gasteiger partial charge in [-0.05, 0) is 51.0 Å². The molecule has 0 aromatic heterocycles. The van der Waals surface area contributed by atoms with Crippen LogP contribution in [0.1, 0.15) is 38.5 Å². The topological polar surface area (TPSA) is 91.0 Å². The number of nitrogens with one attached hydrogen (secondary N) is 1. The Hall–Kier alpha value is -2.41. The second-order valence-electron chi connectivity index (χ2n) is 7.21. The van der Waals surface area contributed by atoms with Crippen molar-refractivity contribution in [2.24, 2.45) is 10.8 Å². The molecule has 1 fully saturated rings. The van der Waals surface area contributed by atoms with E-state index < -0.39 is 11.9 Å². The first kappa shape index (κ1) is 19.4. The van der Waals surface area contributed by atoms with Gasteiger partial charge in [-0.1, -0.05) is 31.0 Å². The molecule has 27 heavy (non-hydrogen) atoms. The molecule has 0 saturated carbocycles. The number of anilines is 1. The fourth-order valence-electron chi connectivity index (χ4n) is 3.65. The van der Waals surface area contributed by atoms with Crippen LogP contribution in [0.5, 0.6) is 0 Å². The van der Waals surface area contributed by atoms with Crippen molar-refractivity contribution in [1.29, 1.82) is 0 Å². The SMILES string of the molecule is NC(=O)C1CC(C(=O)NCCCN2CCCCCC2)=NN1c1ccccc1. The first-order chi connectivity index (χ1) is 13.1. The molecule has 0 spiro atoms. The Balaban J connectivity index is 1.51. The van der Waals surface area contributed by atoms with Crippen molar-refractivity contribution in [1.82, 2.24) is 10.2 Å². The predicted molar refractivity (Wildman–Crippen MR) is 106 cm³/mol. The average molecular weight is 371 g/mol. The lowest BCUT2D eigenvalue weighted by atomic mass is 10.1. The number of amides is 2. The third kappa shape index (κ3) is 5.29. The van der Waals surface area contributed by atoms with E-state index in [9.17, 15) is 9.59 Å². The van der Waals surface area contributed by atoms with Crippen LogP contribution >= 0.6 is 0 Å². The number of rotatable bonds is 7. The van der Waals surface area contributed by atoms with Gasteiger partial charge in [-0.25, -0.2) is 0 Å². The maximum Gasteiger partial charge on any atom is 0.267 e. The summed E-state index contributed by atoms with van der Waals surface area (Å²) in [7, 11) is 0. The summed E-state index contributed by atoms with van der Waals surface area (Å²) in [6, 6.07) is 8.70. The Bertz CT molecular complexity index is 668. The van der Waals surface area contributed by atoms with E-state index in [1.807, 2.05) is 30.3 Å². The van der Waals surface area contributed by atoms with Crippen LogP contribution in [0, 0.1) is 0 Å². The summed E-state index contributed by atoms with van der Waals surface area (Å²) in [6.07, 6.45) is 6.35. The molecular formula is C20H29N5O2. The highest BCUT2D eigenvalue weighted by molar-refractivity contribution is 6.40. The number of primary amides is 1. The minimum atomic E-state index is -0.620. The highest BCUT2D eigenvalue weighted by atomic mass is 16.2. The zero-order valence-electron chi connectivity index (χ0n) is 15.8. The number of nitrogens with two attached hydrogens (primary N) is 1. The summed E-state index contributed by atoms with van der Waals surface area (Å²) >= 11 is 0. The van der Waals surface area contributed by atoms with Crippen LogP contribution in [0.25, 0.3) is 0 Å². The molecule has 2 aliphatic heterocycles. The standard InChI is InChI=1S/C20H29N5O2/c21-19(26)18-15-17(23-25(18)16-9-4-3-5-10-16)20(27)22-11-8-14-24-12-6-1-2-7-13-24/h3-5,9-10,18H,1-2,6-8,11-15H2,(H2,21,26)(H,22,27). The molecule has 1 aromatic carbocycles. The lowest BCUT2D eigenvalue weighted by Crippen LogP contribution is -2.40. The molecular weight excluding hydrogens is 342 g/mol. The largest absolute Gasteiger partial charge is 0.368 e. The summed E-state index contributed by atoms with van der Waals surface area (Å²) in [5.41, 5.74) is 6.63. The van der Waals surface area contributed by atoms with Crippen molar-refractivity contribution in [3.05, 3.63) is 30.3 Å². The average Bonchev–Trinajstić information content (AvgIpc) is 2.98. The quantitative estimate of drug-likeness (QED) is 0.711. The van der Waals surface area contributed by atoms with Gasteiger partial charge in [0.15, 0.2) is 0 Å². The summed E-state index contributed by atoms with van der Waals surface area (Å²) in [4.78, 5) is 26.7. The van der Waals surface area contributed by atoms with Gasteiger partial charge in [0.1, 0.15) is 11.8 Å². The number of likely N-dealkylation sites (tertiary alicyclic amines) is 1. The van der Waals surface area contributed by atoms with E-state index in [-0.39, 0.29) is 12.3 Å². The predicted octanol–water partition coefficient (Wildman–Crippen LogP) is 1.49. The van der Waals surface area contributed by atoms with Crippen molar-refractivity contribution < 1.29 is 9.59 Å². The van der Waals surface area contributed by atoms with Crippen molar-refractivity contribution >= 4 is 23.2 Å². The highest BCUT2D eigenvalue weighted by Gasteiger charge is 2.34. The summed E-state index contributed by atoms with van der Waals surface area (Å²) in [6.45, 7) is 3.94. The lowest BCUT2D eigenvalue weighted by molar-refractivity contribution is -0.119. The number of hydrogen-bond acceptors (Lipinski definition) is 5. The van der Waals surface area contributed by atoms with Crippen molar-refractivity contribution in [2.45, 2.75) is 44.6 Å². The molecule has 1 saturated heterocycles. The van der Waals surface area contributed by atoms with Crippen LogP contribution < -0.4 is 16.1 Å². The van der Waals surface area contributed by atoms with E-state index >= 15 is 0 Å². The summed E-state index contributed by atoms with van der Waals surface area (Å²) in [5.74, 6) is -0.692. The molecule has 0 bridgehead atoms. The van der Waals surface area contributed by atoms with Crippen LogP contribution in [0.4, 0.5) is 5.69 Å². The van der Waals surface area contributed by atoms with Crippen LogP contribution in [0.3, 0.4) is 0 Å². The molecule has 7 heteroatoms. The molecule has 3 N–H and O–H groups in total. The van der Waals surface area contributed by atoms with Gasteiger partial charge in [0.05, 0.1) is 5.69 Å². The Morgan fingerprint density at radius 1 is 1.11 bits per heavy atom. The number of para-hydroxylation sites is 1. The van der Waals surface area contributed by atoms with E-state index in [1.54, 1.807) is 5.01 Å². The molecule has 1 aromatic rings. The van der Waals surface area contributed by atoms with Gasteiger partial charge in [-0.15, -0.1) is 0 Å². The minimum absolute atomic E-state index is 0.212. The van der Waals surface area contributed by atoms with Gasteiger partial charge in [0, 0.05) is 13.0 Å². The van der Waals surface area contributed by atoms with E-state index in [0.29, 0.717) is 12.3 Å². The molecule has 2 heterocycles. The van der Waals surface area contributed by atoms with Gasteiger partial charge >= 0.3 is 0 Å². The van der Waals surface area contributed by atoms with Crippen molar-refractivity contribution in [2.75, 3.05) is 31.2 Å². The first-order valence-corrected chi connectivity index (χ1v) is 9.87. The number of hydrazone groups is 1. The molecule has 0 aliphatic carbocycles. The number of carbonyl (C=O) groups is 2. The van der Waals surface area contributed by atoms with E-state index in [2.05, 4.69) is 15.3 Å². The second-order valence-corrected chi connectivity index (χ2v) is 7.21. The lowest BCUT2D eigenvalue weighted by Gasteiger charge is -2.20. The van der Waals surface area contributed by atoms with Crippen LogP contribution in [0.2, 0.25) is 0 Å². The normalized spacial score (nSPS) is 20.8. The molecule has 7 nitrogen and oxygen atoms in total. The monoisotopic (exact) mass is 371 g/mol. The summed E-state index contributed by atoms with van der Waals surface area (Å²) < 4.78 is 0. The zero-order chi connectivity index (χ0) is 19.1. The van der Waals surface area contributed by atoms with Crippen LogP contribution in [-0.2, 0) is 9.59 Å². The smallest absolute Gasteiger partial charge is 0.267 e. The maximum atomic E-state index is 12.5. The maximum absolute atomic E-state index is 12.5. The molecule has 1 atom stereocenters. The number of hydrogen-bond donors (Lipinski definition) is 2. The molecule has 3 rings (SSSR count). The van der Waals surface area contributed by atoms with Crippen molar-refractivity contribution in [3.8, 4) is 0 Å².